The summed E-state index contributed by atoms with van der Waals surface area (Å²) in [6.45, 7) is 0. The monoisotopic (exact) mass is 291 g/mol. The average Bonchev–Trinajstić information content (AvgIpc) is 2.38. The first-order valence-corrected chi connectivity index (χ1v) is 7.35. The molecular formula is C14H13NO4S. The van der Waals surface area contributed by atoms with Crippen LogP contribution in [-0.2, 0) is 16.4 Å². The van der Waals surface area contributed by atoms with Crippen LogP contribution in [-0.4, -0.2) is 19.3 Å². The number of hydrogen-bond donors (Lipinski definition) is 2. The molecule has 0 spiro atoms. The Morgan fingerprint density at radius 1 is 1.05 bits per heavy atom. The number of phenolic OH excluding ortho intramolecular Hbond substituents is 1. The molecule has 0 heterocycles. The summed E-state index contributed by atoms with van der Waals surface area (Å²) in [7, 11) is -3.86. The van der Waals surface area contributed by atoms with Gasteiger partial charge in [0.1, 0.15) is 5.75 Å². The molecule has 0 aliphatic carbocycles. The largest absolute Gasteiger partial charge is 0.508 e. The van der Waals surface area contributed by atoms with Crippen molar-refractivity contribution in [1.82, 2.24) is 0 Å². The first-order valence-electron chi connectivity index (χ1n) is 5.81. The zero-order valence-corrected chi connectivity index (χ0v) is 11.3. The van der Waals surface area contributed by atoms with Gasteiger partial charge in [-0.25, -0.2) is 13.6 Å². The molecule has 0 bridgehead atoms. The summed E-state index contributed by atoms with van der Waals surface area (Å²) < 4.78 is 22.9. The second-order valence-corrected chi connectivity index (χ2v) is 5.83. The SMILES string of the molecule is NS(=O)(=O)c1ccccc1CC(=O)c1ccc(O)cc1. The highest BCUT2D eigenvalue weighted by atomic mass is 32.2. The van der Waals surface area contributed by atoms with Crippen molar-refractivity contribution in [3.63, 3.8) is 0 Å². The lowest BCUT2D eigenvalue weighted by atomic mass is 10.0. The second-order valence-electron chi connectivity index (χ2n) is 4.30. The Hall–Kier alpha value is -2.18. The summed E-state index contributed by atoms with van der Waals surface area (Å²) >= 11 is 0. The third kappa shape index (κ3) is 3.23. The van der Waals surface area contributed by atoms with Crippen LogP contribution < -0.4 is 5.14 Å². The van der Waals surface area contributed by atoms with Gasteiger partial charge >= 0.3 is 0 Å². The van der Waals surface area contributed by atoms with Crippen molar-refractivity contribution >= 4 is 15.8 Å². The topological polar surface area (TPSA) is 97.5 Å². The minimum absolute atomic E-state index is 0.0490. The lowest BCUT2D eigenvalue weighted by Gasteiger charge is -2.07. The van der Waals surface area contributed by atoms with Crippen molar-refractivity contribution in [2.24, 2.45) is 5.14 Å². The van der Waals surface area contributed by atoms with E-state index in [2.05, 4.69) is 0 Å². The van der Waals surface area contributed by atoms with E-state index < -0.39 is 10.0 Å². The molecule has 2 aromatic carbocycles. The molecule has 0 aliphatic rings. The Morgan fingerprint density at radius 2 is 1.65 bits per heavy atom. The van der Waals surface area contributed by atoms with Gasteiger partial charge in [-0.15, -0.1) is 0 Å². The van der Waals surface area contributed by atoms with Crippen LogP contribution in [0.1, 0.15) is 15.9 Å². The number of rotatable bonds is 4. The molecule has 0 fully saturated rings. The molecule has 0 radical (unpaired) electrons. The maximum Gasteiger partial charge on any atom is 0.238 e. The maximum atomic E-state index is 12.1. The molecular weight excluding hydrogens is 278 g/mol. The van der Waals surface area contributed by atoms with Gasteiger partial charge in [-0.05, 0) is 35.9 Å². The van der Waals surface area contributed by atoms with Gasteiger partial charge in [0.25, 0.3) is 0 Å². The Morgan fingerprint density at radius 3 is 2.25 bits per heavy atom. The Balaban J connectivity index is 2.31. The molecule has 0 atom stereocenters. The summed E-state index contributed by atoms with van der Waals surface area (Å²) in [5.41, 5.74) is 0.750. The molecule has 0 unspecified atom stereocenters. The Kier molecular flexibility index (Phi) is 3.87. The highest BCUT2D eigenvalue weighted by Gasteiger charge is 2.16. The van der Waals surface area contributed by atoms with E-state index in [-0.39, 0.29) is 22.8 Å². The van der Waals surface area contributed by atoms with Crippen molar-refractivity contribution in [2.45, 2.75) is 11.3 Å². The van der Waals surface area contributed by atoms with Crippen LogP contribution in [0.2, 0.25) is 0 Å². The lowest BCUT2D eigenvalue weighted by molar-refractivity contribution is 0.0992. The highest BCUT2D eigenvalue weighted by Crippen LogP contribution is 2.17. The summed E-state index contributed by atoms with van der Waals surface area (Å²) in [5.74, 6) is -0.187. The molecule has 104 valence electrons. The van der Waals surface area contributed by atoms with Gasteiger partial charge in [-0.1, -0.05) is 18.2 Å². The fraction of sp³-hybridized carbons (Fsp3) is 0.0714. The number of ketones is 1. The first-order chi connectivity index (χ1) is 9.38. The molecule has 20 heavy (non-hydrogen) atoms. The number of Topliss-reactive ketones (excluding diaryl/α,β-unsaturated/α-hetero) is 1. The van der Waals surface area contributed by atoms with Crippen molar-refractivity contribution in [1.29, 1.82) is 0 Å². The quantitative estimate of drug-likeness (QED) is 0.833. The van der Waals surface area contributed by atoms with Gasteiger partial charge in [0.2, 0.25) is 10.0 Å². The minimum atomic E-state index is -3.86. The zero-order valence-electron chi connectivity index (χ0n) is 10.5. The van der Waals surface area contributed by atoms with E-state index in [9.17, 15) is 18.3 Å². The molecule has 5 nitrogen and oxygen atoms in total. The third-order valence-electron chi connectivity index (χ3n) is 2.82. The number of aromatic hydroxyl groups is 1. The number of primary sulfonamides is 1. The van der Waals surface area contributed by atoms with Crippen LogP contribution in [0, 0.1) is 0 Å². The van der Waals surface area contributed by atoms with Crippen LogP contribution in [0.25, 0.3) is 0 Å². The van der Waals surface area contributed by atoms with E-state index >= 15 is 0 Å². The van der Waals surface area contributed by atoms with Crippen LogP contribution in [0.5, 0.6) is 5.75 Å². The molecule has 0 amide bonds. The average molecular weight is 291 g/mol. The van der Waals surface area contributed by atoms with Crippen LogP contribution in [0.3, 0.4) is 0 Å². The smallest absolute Gasteiger partial charge is 0.238 e. The maximum absolute atomic E-state index is 12.1. The summed E-state index contributed by atoms with van der Waals surface area (Å²) in [5, 5.41) is 14.3. The fourth-order valence-electron chi connectivity index (χ4n) is 1.85. The predicted octanol–water partition coefficient (Wildman–Crippen LogP) is 1.47. The zero-order chi connectivity index (χ0) is 14.8. The van der Waals surface area contributed by atoms with Gasteiger partial charge in [-0.3, -0.25) is 4.79 Å². The molecule has 6 heteroatoms. The van der Waals surface area contributed by atoms with E-state index in [1.807, 2.05) is 0 Å². The predicted molar refractivity (Wildman–Crippen MR) is 74.0 cm³/mol. The standard InChI is InChI=1S/C14H13NO4S/c15-20(18,19)14-4-2-1-3-11(14)9-13(17)10-5-7-12(16)8-6-10/h1-8,16H,9H2,(H2,15,18,19). The molecule has 2 rings (SSSR count). The summed E-state index contributed by atoms with van der Waals surface area (Å²) in [4.78, 5) is 12.0. The number of sulfonamides is 1. The van der Waals surface area contributed by atoms with Gasteiger partial charge in [0.15, 0.2) is 5.78 Å². The van der Waals surface area contributed by atoms with Crippen LogP contribution in [0.4, 0.5) is 0 Å². The van der Waals surface area contributed by atoms with Crippen LogP contribution in [0.15, 0.2) is 53.4 Å². The second kappa shape index (κ2) is 5.44. The lowest BCUT2D eigenvalue weighted by Crippen LogP contribution is -2.16. The summed E-state index contributed by atoms with van der Waals surface area (Å²) in [6.07, 6.45) is -0.0720. The third-order valence-corrected chi connectivity index (χ3v) is 3.83. The van der Waals surface area contributed by atoms with E-state index in [0.717, 1.165) is 0 Å². The number of hydrogen-bond acceptors (Lipinski definition) is 4. The number of nitrogens with two attached hydrogens (primary N) is 1. The number of phenols is 1. The number of carbonyl (C=O) groups excluding carboxylic acids is 1. The normalized spacial score (nSPS) is 11.2. The van der Waals surface area contributed by atoms with E-state index in [0.29, 0.717) is 11.1 Å². The molecule has 3 N–H and O–H groups in total. The van der Waals surface area contributed by atoms with Crippen molar-refractivity contribution < 1.29 is 18.3 Å². The van der Waals surface area contributed by atoms with E-state index in [4.69, 9.17) is 5.14 Å². The fourth-order valence-corrected chi connectivity index (χ4v) is 2.62. The Bertz CT molecular complexity index is 736. The van der Waals surface area contributed by atoms with Gasteiger partial charge in [0, 0.05) is 12.0 Å². The Labute approximate surface area is 116 Å². The van der Waals surface area contributed by atoms with Gasteiger partial charge < -0.3 is 5.11 Å². The van der Waals surface area contributed by atoms with Crippen molar-refractivity contribution in [2.75, 3.05) is 0 Å². The van der Waals surface area contributed by atoms with E-state index in [1.54, 1.807) is 18.2 Å². The minimum Gasteiger partial charge on any atom is -0.508 e. The van der Waals surface area contributed by atoms with Crippen molar-refractivity contribution in [3.8, 4) is 5.75 Å². The van der Waals surface area contributed by atoms with Crippen molar-refractivity contribution in [3.05, 3.63) is 59.7 Å². The molecule has 2 aromatic rings. The molecule has 0 saturated heterocycles. The highest BCUT2D eigenvalue weighted by molar-refractivity contribution is 7.89. The molecule has 0 aromatic heterocycles. The van der Waals surface area contributed by atoms with Gasteiger partial charge in [-0.2, -0.15) is 0 Å². The van der Waals surface area contributed by atoms with E-state index in [1.165, 1.54) is 30.3 Å². The summed E-state index contributed by atoms with van der Waals surface area (Å²) in [6, 6.07) is 11.9. The number of benzene rings is 2. The van der Waals surface area contributed by atoms with Crippen LogP contribution >= 0.6 is 0 Å². The first kappa shape index (κ1) is 14.2. The number of carbonyl (C=O) groups is 1. The molecule has 0 aliphatic heterocycles. The molecule has 0 saturated carbocycles. The van der Waals surface area contributed by atoms with Gasteiger partial charge in [0.05, 0.1) is 4.90 Å².